The third-order valence-corrected chi connectivity index (χ3v) is 1.29. The van der Waals surface area contributed by atoms with E-state index >= 15 is 0 Å². The lowest BCUT2D eigenvalue weighted by Gasteiger charge is -1.95. The molecule has 0 atom stereocenters. The summed E-state index contributed by atoms with van der Waals surface area (Å²) in [6, 6.07) is 0. The first-order valence-corrected chi connectivity index (χ1v) is 3.25. The minimum absolute atomic E-state index is 0. The smallest absolute Gasteiger partial charge is 0.330 e. The van der Waals surface area contributed by atoms with Gasteiger partial charge in [0.25, 0.3) is 0 Å². The van der Waals surface area contributed by atoms with Crippen molar-refractivity contribution in [2.45, 2.75) is 13.0 Å². The Morgan fingerprint density at radius 1 is 1.58 bits per heavy atom. The summed E-state index contributed by atoms with van der Waals surface area (Å²) in [5, 5.41) is 3.45. The number of hydrogen-bond donors (Lipinski definition) is 1. The highest BCUT2D eigenvalue weighted by Crippen LogP contribution is 2.09. The maximum absolute atomic E-state index is 11.9. The van der Waals surface area contributed by atoms with Gasteiger partial charge >= 0.3 is 6.55 Å². The molecule has 1 aromatic rings. The number of halogens is 3. The third-order valence-electron chi connectivity index (χ3n) is 1.29. The lowest BCUT2D eigenvalue weighted by Crippen LogP contribution is -2.02. The van der Waals surface area contributed by atoms with Crippen molar-refractivity contribution in [2.24, 2.45) is 5.73 Å². The van der Waals surface area contributed by atoms with E-state index in [-0.39, 0.29) is 12.4 Å². The average molecular weight is 198 g/mol. The highest BCUT2D eigenvalue weighted by molar-refractivity contribution is 5.85. The Bertz CT molecular complexity index is 226. The Morgan fingerprint density at radius 3 is 2.67 bits per heavy atom. The van der Waals surface area contributed by atoms with Gasteiger partial charge in [-0.25, -0.2) is 4.68 Å². The van der Waals surface area contributed by atoms with Crippen molar-refractivity contribution >= 4 is 12.4 Å². The zero-order chi connectivity index (χ0) is 8.27. The Kier molecular flexibility index (Phi) is 4.77. The quantitative estimate of drug-likeness (QED) is 0.792. The monoisotopic (exact) mass is 197 g/mol. The Labute approximate surface area is 75.0 Å². The number of hydrogen-bond acceptors (Lipinski definition) is 2. The molecule has 0 saturated carbocycles. The molecule has 2 N–H and O–H groups in total. The normalized spacial score (nSPS) is 10.0. The molecule has 1 aromatic heterocycles. The van der Waals surface area contributed by atoms with E-state index in [2.05, 4.69) is 5.10 Å². The molecule has 0 aliphatic heterocycles. The molecule has 0 aliphatic carbocycles. The van der Waals surface area contributed by atoms with E-state index < -0.39 is 6.55 Å². The van der Waals surface area contributed by atoms with Crippen molar-refractivity contribution < 1.29 is 8.78 Å². The predicted octanol–water partition coefficient (Wildman–Crippen LogP) is 1.20. The van der Waals surface area contributed by atoms with E-state index in [0.717, 1.165) is 5.56 Å². The predicted molar refractivity (Wildman–Crippen MR) is 43.5 cm³/mol. The fourth-order valence-corrected chi connectivity index (χ4v) is 0.780. The van der Waals surface area contributed by atoms with E-state index in [1.165, 1.54) is 12.4 Å². The largest absolute Gasteiger partial charge is 0.333 e. The maximum atomic E-state index is 11.9. The molecule has 3 nitrogen and oxygen atoms in total. The van der Waals surface area contributed by atoms with Gasteiger partial charge in [0.2, 0.25) is 0 Å². The first-order valence-electron chi connectivity index (χ1n) is 3.25. The summed E-state index contributed by atoms with van der Waals surface area (Å²) in [5.74, 6) is 0. The van der Waals surface area contributed by atoms with Crippen LogP contribution in [0.2, 0.25) is 0 Å². The van der Waals surface area contributed by atoms with Crippen LogP contribution < -0.4 is 5.73 Å². The van der Waals surface area contributed by atoms with Crippen molar-refractivity contribution in [1.29, 1.82) is 0 Å². The molecule has 70 valence electrons. The molecule has 0 aromatic carbocycles. The van der Waals surface area contributed by atoms with Crippen LogP contribution in [0.1, 0.15) is 12.1 Å². The van der Waals surface area contributed by atoms with E-state index in [1.807, 2.05) is 0 Å². The van der Waals surface area contributed by atoms with Gasteiger partial charge in [-0.2, -0.15) is 13.9 Å². The second-order valence-electron chi connectivity index (χ2n) is 2.14. The van der Waals surface area contributed by atoms with Crippen molar-refractivity contribution in [3.8, 4) is 0 Å². The molecular formula is C6H10ClF2N3. The summed E-state index contributed by atoms with van der Waals surface area (Å²) < 4.78 is 24.4. The van der Waals surface area contributed by atoms with Crippen LogP contribution in [0.3, 0.4) is 0 Å². The number of alkyl halides is 2. The van der Waals surface area contributed by atoms with Gasteiger partial charge in [-0.1, -0.05) is 0 Å². The van der Waals surface area contributed by atoms with Gasteiger partial charge in [0.15, 0.2) is 0 Å². The minimum Gasteiger partial charge on any atom is -0.330 e. The first-order chi connectivity index (χ1) is 5.24. The van der Waals surface area contributed by atoms with Crippen LogP contribution in [0.4, 0.5) is 8.78 Å². The van der Waals surface area contributed by atoms with Gasteiger partial charge in [-0.05, 0) is 18.5 Å². The second kappa shape index (κ2) is 5.05. The van der Waals surface area contributed by atoms with Crippen molar-refractivity contribution in [1.82, 2.24) is 9.78 Å². The number of nitrogens with zero attached hydrogens (tertiary/aromatic N) is 2. The summed E-state index contributed by atoms with van der Waals surface area (Å²) in [7, 11) is 0. The topological polar surface area (TPSA) is 43.8 Å². The van der Waals surface area contributed by atoms with Gasteiger partial charge < -0.3 is 5.73 Å². The number of rotatable bonds is 3. The zero-order valence-electron chi connectivity index (χ0n) is 6.28. The average Bonchev–Trinajstić information content (AvgIpc) is 2.37. The maximum Gasteiger partial charge on any atom is 0.333 e. The SMILES string of the molecule is Cl.NCCc1cnn(C(F)F)c1. The molecule has 12 heavy (non-hydrogen) atoms. The van der Waals surface area contributed by atoms with Crippen LogP contribution in [0, 0.1) is 0 Å². The molecule has 1 heterocycles. The van der Waals surface area contributed by atoms with Crippen molar-refractivity contribution in [3.05, 3.63) is 18.0 Å². The molecule has 0 radical (unpaired) electrons. The van der Waals surface area contributed by atoms with E-state index in [4.69, 9.17) is 5.73 Å². The highest BCUT2D eigenvalue weighted by atomic mass is 35.5. The minimum atomic E-state index is -2.55. The molecule has 0 spiro atoms. The van der Waals surface area contributed by atoms with Gasteiger partial charge in [0.1, 0.15) is 0 Å². The van der Waals surface area contributed by atoms with E-state index in [1.54, 1.807) is 0 Å². The molecule has 0 fully saturated rings. The lowest BCUT2D eigenvalue weighted by atomic mass is 10.3. The van der Waals surface area contributed by atoms with Gasteiger partial charge in [-0.3, -0.25) is 0 Å². The Balaban J connectivity index is 0.00000121. The fourth-order valence-electron chi connectivity index (χ4n) is 0.780. The van der Waals surface area contributed by atoms with Gasteiger partial charge in [0, 0.05) is 6.20 Å². The molecule has 1 rings (SSSR count). The van der Waals surface area contributed by atoms with Crippen LogP contribution >= 0.6 is 12.4 Å². The van der Waals surface area contributed by atoms with Crippen LogP contribution in [0.25, 0.3) is 0 Å². The fraction of sp³-hybridized carbons (Fsp3) is 0.500. The Morgan fingerprint density at radius 2 is 2.25 bits per heavy atom. The standard InChI is InChI=1S/C6H9F2N3.ClH/c7-6(8)11-4-5(1-2-9)3-10-11;/h3-4,6H,1-2,9H2;1H. The lowest BCUT2D eigenvalue weighted by molar-refractivity contribution is 0.0565. The molecule has 6 heteroatoms. The summed E-state index contributed by atoms with van der Waals surface area (Å²) in [5.41, 5.74) is 5.96. The highest BCUT2D eigenvalue weighted by Gasteiger charge is 2.05. The van der Waals surface area contributed by atoms with Gasteiger partial charge in [0.05, 0.1) is 6.20 Å². The molecule has 0 bridgehead atoms. The van der Waals surface area contributed by atoms with Crippen molar-refractivity contribution in [3.63, 3.8) is 0 Å². The molecule has 0 amide bonds. The molecular weight excluding hydrogens is 188 g/mol. The summed E-state index contributed by atoms with van der Waals surface area (Å²) in [6.07, 6.45) is 3.29. The van der Waals surface area contributed by atoms with E-state index in [0.29, 0.717) is 17.6 Å². The third kappa shape index (κ3) is 2.75. The van der Waals surface area contributed by atoms with Crippen LogP contribution in [-0.2, 0) is 6.42 Å². The molecule has 0 saturated heterocycles. The molecule has 0 aliphatic rings. The van der Waals surface area contributed by atoms with Crippen LogP contribution in [0.15, 0.2) is 12.4 Å². The Hall–Kier alpha value is -0.680. The first kappa shape index (κ1) is 11.3. The second-order valence-corrected chi connectivity index (χ2v) is 2.14. The van der Waals surface area contributed by atoms with E-state index in [9.17, 15) is 8.78 Å². The summed E-state index contributed by atoms with van der Waals surface area (Å²) in [6.45, 7) is -2.10. The van der Waals surface area contributed by atoms with Crippen molar-refractivity contribution in [2.75, 3.05) is 6.54 Å². The number of aromatic nitrogens is 2. The van der Waals surface area contributed by atoms with Gasteiger partial charge in [-0.15, -0.1) is 12.4 Å². The summed E-state index contributed by atoms with van der Waals surface area (Å²) in [4.78, 5) is 0. The zero-order valence-corrected chi connectivity index (χ0v) is 7.10. The van der Waals surface area contributed by atoms with Crippen LogP contribution in [0.5, 0.6) is 0 Å². The number of nitrogens with two attached hydrogens (primary N) is 1. The summed E-state index contributed by atoms with van der Waals surface area (Å²) >= 11 is 0. The molecule has 0 unspecified atom stereocenters. The van der Waals surface area contributed by atoms with Crippen LogP contribution in [-0.4, -0.2) is 16.3 Å².